The third kappa shape index (κ3) is 1.66. The fraction of sp³-hybridized carbons (Fsp3) is 0. The molecule has 56 valence electrons. The first-order chi connectivity index (χ1) is 5.15. The number of halogens is 3. The van der Waals surface area contributed by atoms with E-state index in [1.807, 2.05) is 0 Å². The van der Waals surface area contributed by atoms with Gasteiger partial charge in [0.15, 0.2) is 0 Å². The lowest BCUT2D eigenvalue weighted by Crippen LogP contribution is -1.90. The average Bonchev–Trinajstić information content (AvgIpc) is 1.85. The summed E-state index contributed by atoms with van der Waals surface area (Å²) in [5.74, 6) is -1.62. The van der Waals surface area contributed by atoms with Crippen molar-refractivity contribution in [1.29, 1.82) is 5.26 Å². The number of rotatable bonds is 0. The molecule has 0 radical (unpaired) electrons. The van der Waals surface area contributed by atoms with E-state index in [4.69, 9.17) is 5.26 Å². The van der Waals surface area contributed by atoms with Crippen LogP contribution in [0.15, 0.2) is 12.1 Å². The molecule has 0 unspecified atom stereocenters. The molecule has 1 aromatic rings. The van der Waals surface area contributed by atoms with Crippen LogP contribution in [-0.4, -0.2) is 0 Å². The summed E-state index contributed by atoms with van der Waals surface area (Å²) in [5, 5.41) is 8.26. The maximum absolute atomic E-state index is 12.6. The van der Waals surface area contributed by atoms with Crippen LogP contribution in [-0.2, 0) is 0 Å². The largest absolute Gasteiger partial charge is 0.205 e. The summed E-state index contributed by atoms with van der Waals surface area (Å²) >= 11 is 1.77. The van der Waals surface area contributed by atoms with Gasteiger partial charge in [0.1, 0.15) is 23.3 Å². The molecule has 11 heavy (non-hydrogen) atoms. The summed E-state index contributed by atoms with van der Waals surface area (Å²) in [7, 11) is 0. The molecule has 0 aromatic heterocycles. The molecule has 0 fully saturated rings. The monoisotopic (exact) mass is 265 g/mol. The Kier molecular flexibility index (Phi) is 2.39. The predicted molar refractivity (Wildman–Crippen MR) is 43.8 cm³/mol. The highest BCUT2D eigenvalue weighted by atomic mass is 127. The minimum absolute atomic E-state index is 0.441. The van der Waals surface area contributed by atoms with Crippen molar-refractivity contribution < 1.29 is 8.78 Å². The SMILES string of the molecule is N#Cc1c(F)cc(I)cc1F. The molecule has 0 atom stereocenters. The van der Waals surface area contributed by atoms with Crippen LogP contribution in [0, 0.1) is 26.5 Å². The van der Waals surface area contributed by atoms with Gasteiger partial charge in [0, 0.05) is 3.57 Å². The molecular formula is C7H2F2IN. The Hall–Kier alpha value is -0.700. The van der Waals surface area contributed by atoms with Crippen LogP contribution in [0.3, 0.4) is 0 Å². The maximum atomic E-state index is 12.6. The van der Waals surface area contributed by atoms with E-state index in [9.17, 15) is 8.78 Å². The van der Waals surface area contributed by atoms with E-state index in [1.165, 1.54) is 6.07 Å². The molecule has 0 heterocycles. The fourth-order valence-electron chi connectivity index (χ4n) is 0.649. The summed E-state index contributed by atoms with van der Waals surface area (Å²) in [6, 6.07) is 3.66. The number of nitriles is 1. The van der Waals surface area contributed by atoms with E-state index in [2.05, 4.69) is 0 Å². The third-order valence-corrected chi connectivity index (χ3v) is 1.74. The van der Waals surface area contributed by atoms with Crippen molar-refractivity contribution in [1.82, 2.24) is 0 Å². The topological polar surface area (TPSA) is 23.8 Å². The summed E-state index contributed by atoms with van der Waals surface area (Å²) in [6.07, 6.45) is 0. The fourth-order valence-corrected chi connectivity index (χ4v) is 1.20. The first-order valence-corrected chi connectivity index (χ1v) is 3.77. The third-order valence-electron chi connectivity index (χ3n) is 1.12. The maximum Gasteiger partial charge on any atom is 0.145 e. The van der Waals surface area contributed by atoms with Gasteiger partial charge in [-0.3, -0.25) is 0 Å². The van der Waals surface area contributed by atoms with Crippen LogP contribution in [0.5, 0.6) is 0 Å². The lowest BCUT2D eigenvalue weighted by molar-refractivity contribution is 0.575. The van der Waals surface area contributed by atoms with Crippen LogP contribution in [0.25, 0.3) is 0 Å². The van der Waals surface area contributed by atoms with E-state index >= 15 is 0 Å². The minimum atomic E-state index is -0.808. The van der Waals surface area contributed by atoms with E-state index in [1.54, 1.807) is 22.6 Å². The Morgan fingerprint density at radius 3 is 2.09 bits per heavy atom. The predicted octanol–water partition coefficient (Wildman–Crippen LogP) is 2.44. The Balaban J connectivity index is 3.40. The zero-order valence-electron chi connectivity index (χ0n) is 5.24. The molecule has 0 aliphatic carbocycles. The van der Waals surface area contributed by atoms with Crippen LogP contribution in [0.4, 0.5) is 8.78 Å². The molecule has 0 spiro atoms. The van der Waals surface area contributed by atoms with Crippen LogP contribution < -0.4 is 0 Å². The zero-order chi connectivity index (χ0) is 8.43. The highest BCUT2D eigenvalue weighted by Crippen LogP contribution is 2.15. The molecule has 0 amide bonds. The standard InChI is InChI=1S/C7H2F2IN/c8-6-1-4(10)2-7(9)5(6)3-11/h1-2H. The molecule has 0 saturated heterocycles. The van der Waals surface area contributed by atoms with Crippen molar-refractivity contribution in [3.8, 4) is 6.07 Å². The van der Waals surface area contributed by atoms with Gasteiger partial charge in [0.2, 0.25) is 0 Å². The van der Waals surface area contributed by atoms with Crippen molar-refractivity contribution in [2.24, 2.45) is 0 Å². The quantitative estimate of drug-likeness (QED) is 0.661. The average molecular weight is 265 g/mol. The van der Waals surface area contributed by atoms with Gasteiger partial charge in [0.05, 0.1) is 0 Å². The van der Waals surface area contributed by atoms with Crippen molar-refractivity contribution in [2.75, 3.05) is 0 Å². The molecule has 0 saturated carbocycles. The Labute approximate surface area is 75.8 Å². The van der Waals surface area contributed by atoms with Gasteiger partial charge in [-0.15, -0.1) is 0 Å². The zero-order valence-corrected chi connectivity index (χ0v) is 7.39. The molecule has 1 nitrogen and oxygen atoms in total. The summed E-state index contributed by atoms with van der Waals surface area (Å²) in [5.41, 5.74) is -0.523. The van der Waals surface area contributed by atoms with Gasteiger partial charge in [-0.25, -0.2) is 8.78 Å². The number of benzene rings is 1. The molecule has 0 aliphatic heterocycles. The molecular weight excluding hydrogens is 263 g/mol. The first kappa shape index (κ1) is 8.40. The Morgan fingerprint density at radius 1 is 1.27 bits per heavy atom. The van der Waals surface area contributed by atoms with Gasteiger partial charge in [-0.05, 0) is 34.7 Å². The smallest absolute Gasteiger partial charge is 0.145 e. The van der Waals surface area contributed by atoms with Gasteiger partial charge in [-0.2, -0.15) is 5.26 Å². The second-order valence-corrected chi connectivity index (χ2v) is 3.10. The van der Waals surface area contributed by atoms with Gasteiger partial charge < -0.3 is 0 Å². The summed E-state index contributed by atoms with van der Waals surface area (Å²) < 4.78 is 25.7. The van der Waals surface area contributed by atoms with Gasteiger partial charge in [-0.1, -0.05) is 0 Å². The highest BCUT2D eigenvalue weighted by Gasteiger charge is 2.08. The van der Waals surface area contributed by atoms with E-state index in [0.717, 1.165) is 12.1 Å². The first-order valence-electron chi connectivity index (χ1n) is 2.70. The van der Waals surface area contributed by atoms with Gasteiger partial charge in [0.25, 0.3) is 0 Å². The second-order valence-electron chi connectivity index (χ2n) is 1.86. The van der Waals surface area contributed by atoms with Crippen molar-refractivity contribution in [3.63, 3.8) is 0 Å². The molecule has 1 rings (SSSR count). The summed E-state index contributed by atoms with van der Waals surface area (Å²) in [6.45, 7) is 0. The van der Waals surface area contributed by atoms with E-state index < -0.39 is 17.2 Å². The molecule has 0 N–H and O–H groups in total. The van der Waals surface area contributed by atoms with Crippen LogP contribution >= 0.6 is 22.6 Å². The van der Waals surface area contributed by atoms with Gasteiger partial charge >= 0.3 is 0 Å². The lowest BCUT2D eigenvalue weighted by Gasteiger charge is -1.95. The number of hydrogen-bond donors (Lipinski definition) is 0. The number of nitrogens with zero attached hydrogens (tertiary/aromatic N) is 1. The van der Waals surface area contributed by atoms with Crippen molar-refractivity contribution in [3.05, 3.63) is 32.9 Å². The molecule has 0 bridgehead atoms. The van der Waals surface area contributed by atoms with Crippen LogP contribution in [0.1, 0.15) is 5.56 Å². The molecule has 4 heteroatoms. The minimum Gasteiger partial charge on any atom is -0.205 e. The van der Waals surface area contributed by atoms with E-state index in [0.29, 0.717) is 3.57 Å². The second kappa shape index (κ2) is 3.13. The normalized spacial score (nSPS) is 9.27. The number of hydrogen-bond acceptors (Lipinski definition) is 1. The van der Waals surface area contributed by atoms with Crippen molar-refractivity contribution in [2.45, 2.75) is 0 Å². The summed E-state index contributed by atoms with van der Waals surface area (Å²) in [4.78, 5) is 0. The van der Waals surface area contributed by atoms with E-state index in [-0.39, 0.29) is 0 Å². The van der Waals surface area contributed by atoms with Crippen LogP contribution in [0.2, 0.25) is 0 Å². The Bertz CT molecular complexity index is 307. The Morgan fingerprint density at radius 2 is 1.73 bits per heavy atom. The molecule has 0 aliphatic rings. The van der Waals surface area contributed by atoms with Crippen molar-refractivity contribution >= 4 is 22.6 Å². The molecule has 1 aromatic carbocycles. The highest BCUT2D eigenvalue weighted by molar-refractivity contribution is 14.1. The lowest BCUT2D eigenvalue weighted by atomic mass is 10.2.